The first-order valence-electron chi connectivity index (χ1n) is 8.60. The Balaban J connectivity index is 1.64. The Morgan fingerprint density at radius 1 is 1.33 bits per heavy atom. The minimum absolute atomic E-state index is 0.0261. The normalized spacial score (nSPS) is 20.0. The summed E-state index contributed by atoms with van der Waals surface area (Å²) in [4.78, 5) is 25.2. The molecule has 1 N–H and O–H groups in total. The van der Waals surface area contributed by atoms with E-state index in [0.717, 1.165) is 43.6 Å². The summed E-state index contributed by atoms with van der Waals surface area (Å²) in [6.45, 7) is 1.44. The molecule has 1 unspecified atom stereocenters. The van der Waals surface area contributed by atoms with Crippen molar-refractivity contribution < 1.29 is 19.4 Å². The van der Waals surface area contributed by atoms with Gasteiger partial charge in [-0.25, -0.2) is 0 Å². The van der Waals surface area contributed by atoms with Crippen molar-refractivity contribution in [3.63, 3.8) is 0 Å². The van der Waals surface area contributed by atoms with Crippen LogP contribution < -0.4 is 4.74 Å². The minimum atomic E-state index is -0.802. The van der Waals surface area contributed by atoms with Crippen LogP contribution in [0.25, 0.3) is 6.08 Å². The van der Waals surface area contributed by atoms with E-state index in [0.29, 0.717) is 13.0 Å². The third-order valence-electron chi connectivity index (χ3n) is 4.73. The van der Waals surface area contributed by atoms with Crippen LogP contribution in [0.4, 0.5) is 0 Å². The molecule has 0 aromatic heterocycles. The number of carbonyl (C=O) groups excluding carboxylic acids is 1. The van der Waals surface area contributed by atoms with Gasteiger partial charge in [0.25, 0.3) is 0 Å². The van der Waals surface area contributed by atoms with Gasteiger partial charge < -0.3 is 14.7 Å². The highest BCUT2D eigenvalue weighted by Gasteiger charge is 2.25. The number of likely N-dealkylation sites (tertiary alicyclic amines) is 1. The molecule has 1 aromatic carbocycles. The summed E-state index contributed by atoms with van der Waals surface area (Å²) in [5.41, 5.74) is 2.17. The molecule has 1 aromatic rings. The van der Waals surface area contributed by atoms with Gasteiger partial charge in [-0.05, 0) is 55.0 Å². The topological polar surface area (TPSA) is 66.8 Å². The minimum Gasteiger partial charge on any atom is -0.493 e. The molecule has 1 fully saturated rings. The SMILES string of the molecule is O=C(O)CCC1CCCCN1C(=O)C=Cc1ccc2c(c1)CCO2. The fraction of sp³-hybridized carbons (Fsp3) is 0.474. The Morgan fingerprint density at radius 2 is 2.21 bits per heavy atom. The van der Waals surface area contributed by atoms with E-state index in [1.165, 1.54) is 5.56 Å². The number of hydrogen-bond donors (Lipinski definition) is 1. The van der Waals surface area contributed by atoms with E-state index in [1.54, 1.807) is 6.08 Å². The zero-order valence-corrected chi connectivity index (χ0v) is 13.7. The van der Waals surface area contributed by atoms with Gasteiger partial charge in [-0.3, -0.25) is 9.59 Å². The van der Waals surface area contributed by atoms with Crippen LogP contribution in [0.1, 0.15) is 43.2 Å². The number of carboxylic acids is 1. The molecule has 0 spiro atoms. The number of rotatable bonds is 5. The first-order chi connectivity index (χ1) is 11.6. The highest BCUT2D eigenvalue weighted by atomic mass is 16.5. The van der Waals surface area contributed by atoms with E-state index < -0.39 is 5.97 Å². The Labute approximate surface area is 141 Å². The van der Waals surface area contributed by atoms with Gasteiger partial charge in [0.05, 0.1) is 6.61 Å². The van der Waals surface area contributed by atoms with Crippen LogP contribution in [-0.2, 0) is 16.0 Å². The van der Waals surface area contributed by atoms with Crippen LogP contribution in [0.3, 0.4) is 0 Å². The second-order valence-corrected chi connectivity index (χ2v) is 6.41. The summed E-state index contributed by atoms with van der Waals surface area (Å²) >= 11 is 0. The Bertz CT molecular complexity index is 653. The highest BCUT2D eigenvalue weighted by Crippen LogP contribution is 2.26. The van der Waals surface area contributed by atoms with Crippen LogP contribution in [0.5, 0.6) is 5.75 Å². The fourth-order valence-corrected chi connectivity index (χ4v) is 3.45. The first-order valence-corrected chi connectivity index (χ1v) is 8.60. The number of piperidine rings is 1. The van der Waals surface area contributed by atoms with Crippen LogP contribution in [0.2, 0.25) is 0 Å². The summed E-state index contributed by atoms with van der Waals surface area (Å²) < 4.78 is 5.49. The van der Waals surface area contributed by atoms with Gasteiger partial charge in [-0.1, -0.05) is 6.07 Å². The second kappa shape index (κ2) is 7.51. The Kier molecular flexibility index (Phi) is 5.18. The van der Waals surface area contributed by atoms with Crippen molar-refractivity contribution in [3.8, 4) is 5.75 Å². The largest absolute Gasteiger partial charge is 0.493 e. The Morgan fingerprint density at radius 3 is 3.04 bits per heavy atom. The average molecular weight is 329 g/mol. The maximum atomic E-state index is 12.5. The summed E-state index contributed by atoms with van der Waals surface area (Å²) in [6, 6.07) is 6.00. The van der Waals surface area contributed by atoms with Gasteiger partial charge >= 0.3 is 5.97 Å². The summed E-state index contributed by atoms with van der Waals surface area (Å²) in [5, 5.41) is 8.87. The average Bonchev–Trinajstić information content (AvgIpc) is 3.05. The highest BCUT2D eigenvalue weighted by molar-refractivity contribution is 5.92. The maximum Gasteiger partial charge on any atom is 0.303 e. The molecule has 2 aliphatic heterocycles. The van der Waals surface area contributed by atoms with E-state index in [1.807, 2.05) is 23.1 Å². The molecule has 5 heteroatoms. The molecule has 2 aliphatic rings. The maximum absolute atomic E-state index is 12.5. The van der Waals surface area contributed by atoms with Crippen LogP contribution in [-0.4, -0.2) is 41.1 Å². The van der Waals surface area contributed by atoms with Crippen LogP contribution in [0, 0.1) is 0 Å². The molecule has 5 nitrogen and oxygen atoms in total. The van der Waals surface area contributed by atoms with Crippen LogP contribution >= 0.6 is 0 Å². The number of fused-ring (bicyclic) bond motifs is 1. The van der Waals surface area contributed by atoms with Gasteiger partial charge in [0.2, 0.25) is 5.91 Å². The molecule has 128 valence electrons. The van der Waals surface area contributed by atoms with Gasteiger partial charge in [0.15, 0.2) is 0 Å². The van der Waals surface area contributed by atoms with Crippen LogP contribution in [0.15, 0.2) is 24.3 Å². The number of carbonyl (C=O) groups is 2. The van der Waals surface area contributed by atoms with Gasteiger partial charge in [0, 0.05) is 31.5 Å². The fourth-order valence-electron chi connectivity index (χ4n) is 3.45. The van der Waals surface area contributed by atoms with Crippen molar-refractivity contribution in [2.45, 2.75) is 44.6 Å². The van der Waals surface area contributed by atoms with Crippen molar-refractivity contribution in [2.24, 2.45) is 0 Å². The summed E-state index contributed by atoms with van der Waals surface area (Å²) in [5.74, 6) is 0.106. The predicted octanol–water partition coefficient (Wildman–Crippen LogP) is 2.88. The quantitative estimate of drug-likeness (QED) is 0.844. The third kappa shape index (κ3) is 3.96. The van der Waals surface area contributed by atoms with E-state index in [-0.39, 0.29) is 18.4 Å². The van der Waals surface area contributed by atoms with Crippen molar-refractivity contribution in [3.05, 3.63) is 35.4 Å². The predicted molar refractivity (Wildman–Crippen MR) is 90.9 cm³/mol. The van der Waals surface area contributed by atoms with E-state index in [4.69, 9.17) is 9.84 Å². The number of carboxylic acid groups (broad SMARTS) is 1. The second-order valence-electron chi connectivity index (χ2n) is 6.41. The number of ether oxygens (including phenoxy) is 1. The first kappa shape index (κ1) is 16.6. The number of benzene rings is 1. The lowest BCUT2D eigenvalue weighted by molar-refractivity contribution is -0.138. The lowest BCUT2D eigenvalue weighted by atomic mass is 9.97. The van der Waals surface area contributed by atoms with Crippen molar-refractivity contribution >= 4 is 18.0 Å². The molecule has 3 rings (SSSR count). The number of hydrogen-bond acceptors (Lipinski definition) is 3. The molecule has 0 radical (unpaired) electrons. The van der Waals surface area contributed by atoms with Crippen molar-refractivity contribution in [2.75, 3.05) is 13.2 Å². The number of nitrogens with zero attached hydrogens (tertiary/aromatic N) is 1. The molecular formula is C19H23NO4. The van der Waals surface area contributed by atoms with Gasteiger partial charge in [0.1, 0.15) is 5.75 Å². The molecular weight excluding hydrogens is 306 g/mol. The van der Waals surface area contributed by atoms with Gasteiger partial charge in [-0.2, -0.15) is 0 Å². The molecule has 1 saturated heterocycles. The van der Waals surface area contributed by atoms with E-state index in [9.17, 15) is 9.59 Å². The zero-order valence-electron chi connectivity index (χ0n) is 13.7. The lowest BCUT2D eigenvalue weighted by Gasteiger charge is -2.35. The standard InChI is InChI=1S/C19H23NO4/c21-18(20-11-2-1-3-16(20)6-9-19(22)23)8-5-14-4-7-17-15(13-14)10-12-24-17/h4-5,7-8,13,16H,1-3,6,9-12H2,(H,22,23). The molecule has 1 amide bonds. The van der Waals surface area contributed by atoms with Crippen molar-refractivity contribution in [1.29, 1.82) is 0 Å². The molecule has 0 bridgehead atoms. The molecule has 1 atom stereocenters. The molecule has 24 heavy (non-hydrogen) atoms. The number of amides is 1. The summed E-state index contributed by atoms with van der Waals surface area (Å²) in [6.07, 6.45) is 7.94. The monoisotopic (exact) mass is 329 g/mol. The van der Waals surface area contributed by atoms with Crippen molar-refractivity contribution in [1.82, 2.24) is 4.90 Å². The third-order valence-corrected chi connectivity index (χ3v) is 4.73. The summed E-state index contributed by atoms with van der Waals surface area (Å²) in [7, 11) is 0. The zero-order chi connectivity index (χ0) is 16.9. The van der Waals surface area contributed by atoms with E-state index in [2.05, 4.69) is 6.07 Å². The van der Waals surface area contributed by atoms with E-state index >= 15 is 0 Å². The lowest BCUT2D eigenvalue weighted by Crippen LogP contribution is -2.43. The smallest absolute Gasteiger partial charge is 0.303 e. The molecule has 0 aliphatic carbocycles. The molecule has 0 saturated carbocycles. The molecule has 2 heterocycles. The number of aliphatic carboxylic acids is 1. The Hall–Kier alpha value is -2.30. The van der Waals surface area contributed by atoms with Gasteiger partial charge in [-0.15, -0.1) is 0 Å².